The van der Waals surface area contributed by atoms with Crippen molar-refractivity contribution in [2.24, 2.45) is 0 Å². The standard InChI is InChI=1S/C20H26N4O5/c1-14-16(13-26-2)17(23-29-14)18(25)24-9-5-20(6-10-24)12-15(4-11-27-20)28-19-21-7-3-8-22-19/h3,7-8,15H,4-6,9-13H2,1-2H3. The van der Waals surface area contributed by atoms with Crippen LogP contribution in [0, 0.1) is 6.92 Å². The number of methoxy groups -OCH3 is 1. The van der Waals surface area contributed by atoms with Gasteiger partial charge in [0.25, 0.3) is 5.91 Å². The van der Waals surface area contributed by atoms with Gasteiger partial charge in [0.2, 0.25) is 0 Å². The first-order chi connectivity index (χ1) is 14.1. The third-order valence-electron chi connectivity index (χ3n) is 5.70. The van der Waals surface area contributed by atoms with Crippen LogP contribution in [0.5, 0.6) is 6.01 Å². The van der Waals surface area contributed by atoms with Crippen LogP contribution in [-0.2, 0) is 16.1 Å². The zero-order valence-electron chi connectivity index (χ0n) is 16.8. The molecule has 1 spiro atoms. The topological polar surface area (TPSA) is 99.8 Å². The Kier molecular flexibility index (Phi) is 5.77. The first kappa shape index (κ1) is 19.8. The van der Waals surface area contributed by atoms with Crippen molar-refractivity contribution < 1.29 is 23.5 Å². The molecule has 29 heavy (non-hydrogen) atoms. The molecule has 1 unspecified atom stereocenters. The summed E-state index contributed by atoms with van der Waals surface area (Å²) in [7, 11) is 1.59. The molecule has 0 aliphatic carbocycles. The van der Waals surface area contributed by atoms with Gasteiger partial charge in [0.05, 0.1) is 24.4 Å². The van der Waals surface area contributed by atoms with Crippen molar-refractivity contribution in [1.29, 1.82) is 0 Å². The van der Waals surface area contributed by atoms with E-state index in [4.69, 9.17) is 18.7 Å². The third-order valence-corrected chi connectivity index (χ3v) is 5.70. The van der Waals surface area contributed by atoms with Gasteiger partial charge in [-0.15, -0.1) is 0 Å². The lowest BCUT2D eigenvalue weighted by atomic mass is 9.83. The third kappa shape index (κ3) is 4.25. The molecule has 9 heteroatoms. The second-order valence-corrected chi connectivity index (χ2v) is 7.59. The molecular weight excluding hydrogens is 376 g/mol. The van der Waals surface area contributed by atoms with Crippen molar-refractivity contribution in [3.8, 4) is 6.01 Å². The number of ether oxygens (including phenoxy) is 3. The number of likely N-dealkylation sites (tertiary alicyclic amines) is 1. The number of aryl methyl sites for hydroxylation is 1. The van der Waals surface area contributed by atoms with Crippen molar-refractivity contribution in [3.63, 3.8) is 0 Å². The Labute approximate surface area is 169 Å². The summed E-state index contributed by atoms with van der Waals surface area (Å²) in [6, 6.07) is 2.16. The van der Waals surface area contributed by atoms with Crippen LogP contribution in [0.4, 0.5) is 0 Å². The van der Waals surface area contributed by atoms with E-state index >= 15 is 0 Å². The van der Waals surface area contributed by atoms with Crippen molar-refractivity contribution in [2.75, 3.05) is 26.8 Å². The summed E-state index contributed by atoms with van der Waals surface area (Å²) in [5.74, 6) is 0.493. The number of hydrogen-bond donors (Lipinski definition) is 0. The van der Waals surface area contributed by atoms with Gasteiger partial charge in [0.1, 0.15) is 11.9 Å². The molecule has 0 bridgehead atoms. The fourth-order valence-electron chi connectivity index (χ4n) is 4.07. The second kappa shape index (κ2) is 8.46. The van der Waals surface area contributed by atoms with Crippen molar-refractivity contribution in [2.45, 2.75) is 50.9 Å². The van der Waals surface area contributed by atoms with Crippen LogP contribution in [0.1, 0.15) is 47.5 Å². The minimum atomic E-state index is -0.274. The highest BCUT2D eigenvalue weighted by Gasteiger charge is 2.42. The van der Waals surface area contributed by atoms with Crippen LogP contribution < -0.4 is 4.74 Å². The number of piperidine rings is 1. The Morgan fingerprint density at radius 2 is 2.07 bits per heavy atom. The number of carbonyl (C=O) groups is 1. The maximum absolute atomic E-state index is 13.0. The number of rotatable bonds is 5. The van der Waals surface area contributed by atoms with E-state index in [1.165, 1.54) is 0 Å². The van der Waals surface area contributed by atoms with E-state index in [0.717, 1.165) is 25.7 Å². The van der Waals surface area contributed by atoms with E-state index in [-0.39, 0.29) is 17.6 Å². The zero-order chi connectivity index (χ0) is 20.3. The highest BCUT2D eigenvalue weighted by molar-refractivity contribution is 5.93. The summed E-state index contributed by atoms with van der Waals surface area (Å²) in [6.07, 6.45) is 6.44. The predicted molar refractivity (Wildman–Crippen MR) is 101 cm³/mol. The molecule has 2 aromatic rings. The van der Waals surface area contributed by atoms with Gasteiger partial charge >= 0.3 is 6.01 Å². The number of aromatic nitrogens is 3. The second-order valence-electron chi connectivity index (χ2n) is 7.59. The fourth-order valence-corrected chi connectivity index (χ4v) is 4.07. The number of amides is 1. The molecule has 4 rings (SSSR count). The number of carbonyl (C=O) groups excluding carboxylic acids is 1. The fraction of sp³-hybridized carbons (Fsp3) is 0.600. The van der Waals surface area contributed by atoms with Gasteiger partial charge in [-0.1, -0.05) is 5.16 Å². The first-order valence-electron chi connectivity index (χ1n) is 9.91. The Morgan fingerprint density at radius 3 is 2.79 bits per heavy atom. The summed E-state index contributed by atoms with van der Waals surface area (Å²) in [5.41, 5.74) is 0.777. The molecule has 2 fully saturated rings. The van der Waals surface area contributed by atoms with Crippen LogP contribution in [0.2, 0.25) is 0 Å². The average Bonchev–Trinajstić information content (AvgIpc) is 3.10. The Bertz CT molecular complexity index is 833. The molecule has 2 aliphatic heterocycles. The first-order valence-corrected chi connectivity index (χ1v) is 9.91. The summed E-state index contributed by atoms with van der Waals surface area (Å²) in [4.78, 5) is 23.1. The monoisotopic (exact) mass is 402 g/mol. The molecular formula is C20H26N4O5. The Morgan fingerprint density at radius 1 is 1.31 bits per heavy atom. The van der Waals surface area contributed by atoms with Gasteiger partial charge in [0.15, 0.2) is 5.69 Å². The maximum Gasteiger partial charge on any atom is 0.316 e. The molecule has 0 saturated carbocycles. The van der Waals surface area contributed by atoms with E-state index in [2.05, 4.69) is 15.1 Å². The van der Waals surface area contributed by atoms with Gasteiger partial charge < -0.3 is 23.6 Å². The number of nitrogens with zero attached hydrogens (tertiary/aromatic N) is 4. The molecule has 0 aromatic carbocycles. The van der Waals surface area contributed by atoms with E-state index in [1.807, 2.05) is 4.90 Å². The van der Waals surface area contributed by atoms with Crippen molar-refractivity contribution in [1.82, 2.24) is 20.0 Å². The molecule has 0 radical (unpaired) electrons. The lowest BCUT2D eigenvalue weighted by Gasteiger charge is -2.45. The highest BCUT2D eigenvalue weighted by atomic mass is 16.5. The minimum absolute atomic E-state index is 0.0138. The van der Waals surface area contributed by atoms with Crippen LogP contribution in [0.25, 0.3) is 0 Å². The van der Waals surface area contributed by atoms with E-state index < -0.39 is 0 Å². The smallest absolute Gasteiger partial charge is 0.316 e. The lowest BCUT2D eigenvalue weighted by molar-refractivity contribution is -0.136. The molecule has 9 nitrogen and oxygen atoms in total. The van der Waals surface area contributed by atoms with Crippen molar-refractivity contribution >= 4 is 5.91 Å². The van der Waals surface area contributed by atoms with Gasteiger partial charge in [0, 0.05) is 45.4 Å². The van der Waals surface area contributed by atoms with Gasteiger partial charge in [-0.05, 0) is 25.8 Å². The number of hydrogen-bond acceptors (Lipinski definition) is 8. The predicted octanol–water partition coefficient (Wildman–Crippen LogP) is 2.15. The van der Waals surface area contributed by atoms with Gasteiger partial charge in [-0.2, -0.15) is 0 Å². The molecule has 1 amide bonds. The molecule has 1 atom stereocenters. The van der Waals surface area contributed by atoms with Crippen LogP contribution in [0.3, 0.4) is 0 Å². The summed E-state index contributed by atoms with van der Waals surface area (Å²) in [6.45, 7) is 3.93. The van der Waals surface area contributed by atoms with Crippen molar-refractivity contribution in [3.05, 3.63) is 35.5 Å². The molecule has 4 heterocycles. The molecule has 156 valence electrons. The van der Waals surface area contributed by atoms with Crippen LogP contribution in [-0.4, -0.2) is 64.4 Å². The Balaban J connectivity index is 1.38. The molecule has 2 aliphatic rings. The summed E-state index contributed by atoms with van der Waals surface area (Å²) >= 11 is 0. The van der Waals surface area contributed by atoms with Crippen LogP contribution in [0.15, 0.2) is 23.0 Å². The largest absolute Gasteiger partial charge is 0.460 e. The van der Waals surface area contributed by atoms with Crippen LogP contribution >= 0.6 is 0 Å². The highest BCUT2D eigenvalue weighted by Crippen LogP contribution is 2.36. The summed E-state index contributed by atoms with van der Waals surface area (Å²) < 4.78 is 22.5. The molecule has 0 N–H and O–H groups in total. The molecule has 2 saturated heterocycles. The quantitative estimate of drug-likeness (QED) is 0.750. The summed E-state index contributed by atoms with van der Waals surface area (Å²) in [5, 5.41) is 3.96. The van der Waals surface area contributed by atoms with E-state index in [1.54, 1.807) is 32.5 Å². The normalized spacial score (nSPS) is 21.3. The average molecular weight is 402 g/mol. The minimum Gasteiger partial charge on any atom is -0.460 e. The zero-order valence-corrected chi connectivity index (χ0v) is 16.8. The lowest BCUT2D eigenvalue weighted by Crippen LogP contribution is -2.52. The van der Waals surface area contributed by atoms with E-state index in [9.17, 15) is 4.79 Å². The van der Waals surface area contributed by atoms with E-state index in [0.29, 0.717) is 49.3 Å². The van der Waals surface area contributed by atoms with Gasteiger partial charge in [-0.25, -0.2) is 9.97 Å². The molecule has 2 aromatic heterocycles. The van der Waals surface area contributed by atoms with Gasteiger partial charge in [-0.3, -0.25) is 4.79 Å². The Hall–Kier alpha value is -2.52. The SMILES string of the molecule is COCc1c(C(=O)N2CCC3(CC2)CC(Oc2ncccn2)CCO3)noc1C. The maximum atomic E-state index is 13.0.